The van der Waals surface area contributed by atoms with Gasteiger partial charge in [0.25, 0.3) is 0 Å². The summed E-state index contributed by atoms with van der Waals surface area (Å²) in [4.78, 5) is 0. The molecular formula is C45H54Cl2SiZr. The van der Waals surface area contributed by atoms with Gasteiger partial charge < -0.3 is 0 Å². The normalized spacial score (nSPS) is 11.5. The molecule has 0 nitrogen and oxygen atoms in total. The summed E-state index contributed by atoms with van der Waals surface area (Å²) >= 11 is -0.826. The maximum absolute atomic E-state index is 4.93. The van der Waals surface area contributed by atoms with Crippen LogP contribution >= 0.6 is 17.0 Å². The van der Waals surface area contributed by atoms with E-state index in [1.54, 1.807) is 0 Å². The fraction of sp³-hybridized carbons (Fsp3) is 0.333. The van der Waals surface area contributed by atoms with E-state index in [0.29, 0.717) is 11.8 Å². The van der Waals surface area contributed by atoms with E-state index in [1.807, 2.05) is 0 Å². The van der Waals surface area contributed by atoms with Crippen LogP contribution in [0.1, 0.15) is 95.9 Å². The first kappa shape index (κ1) is 41.2. The van der Waals surface area contributed by atoms with Crippen LogP contribution in [0, 0.1) is 0 Å². The topological polar surface area (TPSA) is 0 Å². The van der Waals surface area contributed by atoms with Crippen LogP contribution in [0.5, 0.6) is 0 Å². The second-order valence-corrected chi connectivity index (χ2v) is 18.8. The van der Waals surface area contributed by atoms with Crippen molar-refractivity contribution in [2.45, 2.75) is 98.6 Å². The second kappa shape index (κ2) is 20.0. The molecule has 0 saturated carbocycles. The van der Waals surface area contributed by atoms with Crippen molar-refractivity contribution in [3.8, 4) is 22.3 Å². The van der Waals surface area contributed by atoms with Crippen LogP contribution in [0.2, 0.25) is 13.1 Å². The van der Waals surface area contributed by atoms with Crippen molar-refractivity contribution in [3.63, 3.8) is 0 Å². The minimum atomic E-state index is -0.826. The Labute approximate surface area is 318 Å². The van der Waals surface area contributed by atoms with Crippen molar-refractivity contribution in [1.82, 2.24) is 0 Å². The third kappa shape index (κ3) is 11.4. The van der Waals surface area contributed by atoms with E-state index < -0.39 is 20.8 Å². The SMILES string of the molecule is CCC(C)c1cc2c(-c3ccc(C(C)(C)C)cc3)cccc2[cH-]1.CCc1cc2c(-c3ccc(C(C)C)cc3)cccc2[cH-]1.C[Si]C.[Cl][Zr+2][Cl]. The number of hydrogen-bond donors (Lipinski definition) is 0. The summed E-state index contributed by atoms with van der Waals surface area (Å²) in [6.45, 7) is 22.3. The molecule has 0 aliphatic rings. The number of rotatable bonds is 6. The van der Waals surface area contributed by atoms with E-state index in [1.165, 1.54) is 72.5 Å². The molecule has 0 amide bonds. The van der Waals surface area contributed by atoms with Gasteiger partial charge in [-0.25, -0.2) is 0 Å². The minimum absolute atomic E-state index is 0.203. The molecule has 0 aliphatic carbocycles. The van der Waals surface area contributed by atoms with E-state index in [-0.39, 0.29) is 5.41 Å². The summed E-state index contributed by atoms with van der Waals surface area (Å²) in [7, 11) is 11.0. The first-order valence-corrected chi connectivity index (χ1v) is 25.9. The average molecular weight is 785 g/mol. The first-order valence-electron chi connectivity index (χ1n) is 17.6. The molecule has 49 heavy (non-hydrogen) atoms. The number of hydrogen-bond acceptors (Lipinski definition) is 0. The molecule has 1 unspecified atom stereocenters. The predicted octanol–water partition coefficient (Wildman–Crippen LogP) is 15.1. The Morgan fingerprint density at radius 1 is 0.694 bits per heavy atom. The molecule has 0 spiro atoms. The number of fused-ring (bicyclic) bond motifs is 2. The van der Waals surface area contributed by atoms with E-state index in [2.05, 4.69) is 178 Å². The Morgan fingerprint density at radius 3 is 1.61 bits per heavy atom. The maximum atomic E-state index is 4.93. The predicted molar refractivity (Wildman–Crippen MR) is 220 cm³/mol. The van der Waals surface area contributed by atoms with Gasteiger partial charge in [0, 0.05) is 9.52 Å². The van der Waals surface area contributed by atoms with Crippen molar-refractivity contribution < 1.29 is 20.8 Å². The molecule has 0 heterocycles. The average Bonchev–Trinajstić information content (AvgIpc) is 3.73. The standard InChI is InChI=1S/C23H27.C20H21.C2H6Si.2ClH.Zr/c1-6-16(2)19-14-18-8-7-9-21(22(18)15-19)17-10-12-20(13-11-17)23(3,4)5;1-4-15-12-18-6-5-7-19(20(18)13-15)17-10-8-16(9-11-17)14(2)3;1-3-2;;;/h7-16H,6H2,1-5H3;5-14H,4H2,1-3H3;1-2H3;2*1H;/q2*-1;;;;+4/p-2. The van der Waals surface area contributed by atoms with Crippen molar-refractivity contribution in [3.05, 3.63) is 131 Å². The van der Waals surface area contributed by atoms with E-state index in [9.17, 15) is 0 Å². The molecule has 6 aromatic carbocycles. The van der Waals surface area contributed by atoms with Crippen molar-refractivity contribution in [2.75, 3.05) is 0 Å². The third-order valence-electron chi connectivity index (χ3n) is 9.12. The van der Waals surface area contributed by atoms with Crippen LogP contribution in [0.4, 0.5) is 0 Å². The van der Waals surface area contributed by atoms with Crippen molar-refractivity contribution >= 4 is 48.1 Å². The Balaban J connectivity index is 0.000000230. The first-order chi connectivity index (χ1) is 23.4. The quantitative estimate of drug-likeness (QED) is 0.117. The van der Waals surface area contributed by atoms with E-state index in [0.717, 1.165) is 15.9 Å². The zero-order valence-corrected chi connectivity index (χ0v) is 36.2. The Hall–Kier alpha value is -2.22. The summed E-state index contributed by atoms with van der Waals surface area (Å²) in [5.74, 6) is 1.21. The van der Waals surface area contributed by atoms with Crippen LogP contribution in [0.3, 0.4) is 0 Å². The monoisotopic (exact) mass is 782 g/mol. The molecule has 256 valence electrons. The van der Waals surface area contributed by atoms with Gasteiger partial charge in [-0.1, -0.05) is 147 Å². The summed E-state index contributed by atoms with van der Waals surface area (Å²) in [5, 5.41) is 5.47. The molecule has 0 aliphatic heterocycles. The van der Waals surface area contributed by atoms with Gasteiger partial charge in [0.05, 0.1) is 0 Å². The Kier molecular flexibility index (Phi) is 16.8. The molecule has 6 rings (SSSR count). The molecule has 0 bridgehead atoms. The molecule has 2 radical (unpaired) electrons. The van der Waals surface area contributed by atoms with Crippen LogP contribution < -0.4 is 0 Å². The van der Waals surface area contributed by atoms with Crippen molar-refractivity contribution in [1.29, 1.82) is 0 Å². The summed E-state index contributed by atoms with van der Waals surface area (Å²) < 4.78 is 0. The summed E-state index contributed by atoms with van der Waals surface area (Å²) in [5.41, 5.74) is 11.2. The van der Waals surface area contributed by atoms with Crippen LogP contribution in [-0.2, 0) is 32.7 Å². The van der Waals surface area contributed by atoms with Gasteiger partial charge in [-0.15, -0.1) is 69.1 Å². The Bertz CT molecular complexity index is 1830. The molecule has 4 heteroatoms. The van der Waals surface area contributed by atoms with Gasteiger partial charge in [-0.05, 0) is 45.9 Å². The molecule has 6 aromatic rings. The van der Waals surface area contributed by atoms with Gasteiger partial charge in [-0.3, -0.25) is 0 Å². The zero-order valence-electron chi connectivity index (χ0n) is 31.2. The van der Waals surface area contributed by atoms with Crippen LogP contribution in [0.25, 0.3) is 43.8 Å². The fourth-order valence-corrected chi connectivity index (χ4v) is 5.98. The molecule has 1 atom stereocenters. The van der Waals surface area contributed by atoms with Gasteiger partial charge in [-0.2, -0.15) is 12.1 Å². The van der Waals surface area contributed by atoms with Crippen molar-refractivity contribution in [2.24, 2.45) is 0 Å². The van der Waals surface area contributed by atoms with E-state index >= 15 is 0 Å². The van der Waals surface area contributed by atoms with Gasteiger partial charge in [0.2, 0.25) is 0 Å². The summed E-state index contributed by atoms with van der Waals surface area (Å²) in [6, 6.07) is 40.7. The fourth-order valence-electron chi connectivity index (χ4n) is 5.98. The molecule has 0 aromatic heterocycles. The summed E-state index contributed by atoms with van der Waals surface area (Å²) in [6.07, 6.45) is 2.28. The third-order valence-corrected chi connectivity index (χ3v) is 9.12. The second-order valence-electron chi connectivity index (χ2n) is 14.1. The molecule has 0 N–H and O–H groups in total. The van der Waals surface area contributed by atoms with Crippen LogP contribution in [-0.4, -0.2) is 9.52 Å². The molecule has 0 saturated heterocycles. The zero-order chi connectivity index (χ0) is 36.1. The Morgan fingerprint density at radius 2 is 1.16 bits per heavy atom. The number of halogens is 2. The van der Waals surface area contributed by atoms with E-state index in [4.69, 9.17) is 17.0 Å². The van der Waals surface area contributed by atoms with Gasteiger partial charge in [0.15, 0.2) is 0 Å². The number of aryl methyl sites for hydroxylation is 1. The van der Waals surface area contributed by atoms with Crippen LogP contribution in [0.15, 0.2) is 109 Å². The number of benzene rings is 4. The van der Waals surface area contributed by atoms with Gasteiger partial charge in [0.1, 0.15) is 0 Å². The molecular weight excluding hydrogens is 731 g/mol. The molecule has 0 fully saturated rings. The van der Waals surface area contributed by atoms with Gasteiger partial charge >= 0.3 is 37.9 Å².